The summed E-state index contributed by atoms with van der Waals surface area (Å²) in [6.45, 7) is 0. The molecular formula is C14H12O5. The van der Waals surface area contributed by atoms with Crippen molar-refractivity contribution in [1.29, 1.82) is 0 Å². The van der Waals surface area contributed by atoms with Crippen molar-refractivity contribution < 1.29 is 24.2 Å². The van der Waals surface area contributed by atoms with Crippen molar-refractivity contribution in [2.24, 2.45) is 0 Å². The van der Waals surface area contributed by atoms with Gasteiger partial charge in [-0.25, -0.2) is 9.59 Å². The molecule has 0 bridgehead atoms. The summed E-state index contributed by atoms with van der Waals surface area (Å²) in [5, 5.41) is 11.1. The molecule has 2 aromatic carbocycles. The fraction of sp³-hybridized carbons (Fsp3) is 0.143. The smallest absolute Gasteiger partial charge is 0.341 e. The van der Waals surface area contributed by atoms with Gasteiger partial charge in [0.25, 0.3) is 0 Å². The molecule has 0 aliphatic heterocycles. The Kier molecular flexibility index (Phi) is 3.37. The standard InChI is InChI=1S/C14H12O5/c1-18-13(16)9-4-3-8-7-12(15)11(14(17)19-2)6-10(8)5-9/h3-7,15H,1-2H3. The molecule has 0 atom stereocenters. The summed E-state index contributed by atoms with van der Waals surface area (Å²) in [6.07, 6.45) is 0. The second-order valence-corrected chi connectivity index (χ2v) is 3.91. The normalized spacial score (nSPS) is 10.2. The number of fused-ring (bicyclic) bond motifs is 1. The van der Waals surface area contributed by atoms with Gasteiger partial charge in [0.05, 0.1) is 19.8 Å². The van der Waals surface area contributed by atoms with Gasteiger partial charge in [0, 0.05) is 0 Å². The Hall–Kier alpha value is -2.56. The number of phenols is 1. The van der Waals surface area contributed by atoms with E-state index < -0.39 is 11.9 Å². The Morgan fingerprint density at radius 1 is 0.947 bits per heavy atom. The Balaban J connectivity index is 2.61. The number of esters is 2. The molecular weight excluding hydrogens is 248 g/mol. The minimum absolute atomic E-state index is 0.0528. The Labute approximate surface area is 109 Å². The van der Waals surface area contributed by atoms with E-state index in [0.717, 1.165) is 0 Å². The average molecular weight is 260 g/mol. The summed E-state index contributed by atoms with van der Waals surface area (Å²) in [5.74, 6) is -1.26. The van der Waals surface area contributed by atoms with Crippen molar-refractivity contribution in [3.8, 4) is 5.75 Å². The van der Waals surface area contributed by atoms with Crippen molar-refractivity contribution in [2.45, 2.75) is 0 Å². The van der Waals surface area contributed by atoms with Gasteiger partial charge in [-0.2, -0.15) is 0 Å². The van der Waals surface area contributed by atoms with Gasteiger partial charge < -0.3 is 14.6 Å². The fourth-order valence-corrected chi connectivity index (χ4v) is 1.80. The highest BCUT2D eigenvalue weighted by molar-refractivity contribution is 6.01. The van der Waals surface area contributed by atoms with Crippen LogP contribution in [-0.4, -0.2) is 31.3 Å². The maximum Gasteiger partial charge on any atom is 0.341 e. The lowest BCUT2D eigenvalue weighted by atomic mass is 10.0. The number of hydrogen-bond donors (Lipinski definition) is 1. The lowest BCUT2D eigenvalue weighted by Gasteiger charge is -2.06. The van der Waals surface area contributed by atoms with Crippen LogP contribution in [0.15, 0.2) is 30.3 Å². The molecule has 0 heterocycles. The lowest BCUT2D eigenvalue weighted by molar-refractivity contribution is 0.0590. The van der Waals surface area contributed by atoms with E-state index in [1.165, 1.54) is 26.4 Å². The number of carbonyl (C=O) groups is 2. The largest absolute Gasteiger partial charge is 0.507 e. The highest BCUT2D eigenvalue weighted by Crippen LogP contribution is 2.26. The van der Waals surface area contributed by atoms with Gasteiger partial charge in [0.1, 0.15) is 11.3 Å². The summed E-state index contributed by atoms with van der Waals surface area (Å²) in [7, 11) is 2.53. The number of ether oxygens (including phenoxy) is 2. The maximum atomic E-state index is 11.5. The van der Waals surface area contributed by atoms with E-state index >= 15 is 0 Å². The Bertz CT molecular complexity index is 660. The van der Waals surface area contributed by atoms with Crippen molar-refractivity contribution in [2.75, 3.05) is 14.2 Å². The van der Waals surface area contributed by atoms with Gasteiger partial charge in [-0.3, -0.25) is 0 Å². The highest BCUT2D eigenvalue weighted by atomic mass is 16.5. The molecule has 2 rings (SSSR count). The molecule has 0 spiro atoms. The highest BCUT2D eigenvalue weighted by Gasteiger charge is 2.14. The third-order valence-corrected chi connectivity index (χ3v) is 2.78. The van der Waals surface area contributed by atoms with Crippen LogP contribution in [0.25, 0.3) is 10.8 Å². The molecule has 0 aliphatic rings. The van der Waals surface area contributed by atoms with Crippen LogP contribution in [0.5, 0.6) is 5.75 Å². The predicted octanol–water partition coefficient (Wildman–Crippen LogP) is 2.12. The van der Waals surface area contributed by atoms with Crippen LogP contribution < -0.4 is 0 Å². The molecule has 0 radical (unpaired) electrons. The second kappa shape index (κ2) is 4.97. The molecule has 5 heteroatoms. The predicted molar refractivity (Wildman–Crippen MR) is 68.3 cm³/mol. The van der Waals surface area contributed by atoms with Crippen LogP contribution >= 0.6 is 0 Å². The molecule has 0 saturated heterocycles. The molecule has 98 valence electrons. The van der Waals surface area contributed by atoms with E-state index in [9.17, 15) is 14.7 Å². The number of rotatable bonds is 2. The summed E-state index contributed by atoms with van der Waals surface area (Å²) in [5.41, 5.74) is 0.425. The fourth-order valence-electron chi connectivity index (χ4n) is 1.80. The van der Waals surface area contributed by atoms with Gasteiger partial charge in [-0.1, -0.05) is 6.07 Å². The molecule has 5 nitrogen and oxygen atoms in total. The van der Waals surface area contributed by atoms with Crippen molar-refractivity contribution >= 4 is 22.7 Å². The van der Waals surface area contributed by atoms with Crippen LogP contribution in [0.3, 0.4) is 0 Å². The van der Waals surface area contributed by atoms with E-state index in [2.05, 4.69) is 9.47 Å². The number of hydrogen-bond acceptors (Lipinski definition) is 5. The van der Waals surface area contributed by atoms with Crippen LogP contribution in [0.4, 0.5) is 0 Å². The zero-order chi connectivity index (χ0) is 14.0. The maximum absolute atomic E-state index is 11.5. The quantitative estimate of drug-likeness (QED) is 0.837. The monoisotopic (exact) mass is 260 g/mol. The van der Waals surface area contributed by atoms with Crippen LogP contribution in [0.2, 0.25) is 0 Å². The molecule has 0 unspecified atom stereocenters. The number of aromatic hydroxyl groups is 1. The summed E-state index contributed by atoms with van der Waals surface area (Å²) in [4.78, 5) is 22.9. The molecule has 0 amide bonds. The Morgan fingerprint density at radius 2 is 1.63 bits per heavy atom. The summed E-state index contributed by atoms with van der Waals surface area (Å²) in [6, 6.07) is 7.77. The summed E-state index contributed by atoms with van der Waals surface area (Å²) < 4.78 is 9.20. The molecule has 0 aromatic heterocycles. The first-order valence-corrected chi connectivity index (χ1v) is 5.50. The van der Waals surface area contributed by atoms with E-state index in [1.807, 2.05) is 0 Å². The first kappa shape index (κ1) is 12.9. The zero-order valence-corrected chi connectivity index (χ0v) is 10.5. The van der Waals surface area contributed by atoms with E-state index in [4.69, 9.17) is 0 Å². The third kappa shape index (κ3) is 2.35. The molecule has 0 saturated carbocycles. The van der Waals surface area contributed by atoms with Crippen molar-refractivity contribution in [3.63, 3.8) is 0 Å². The first-order chi connectivity index (χ1) is 9.06. The SMILES string of the molecule is COC(=O)c1ccc2cc(O)c(C(=O)OC)cc2c1. The number of phenolic OH excluding ortho intramolecular Hbond substituents is 1. The topological polar surface area (TPSA) is 72.8 Å². The second-order valence-electron chi connectivity index (χ2n) is 3.91. The number of methoxy groups -OCH3 is 2. The Morgan fingerprint density at radius 3 is 2.26 bits per heavy atom. The third-order valence-electron chi connectivity index (χ3n) is 2.78. The van der Waals surface area contributed by atoms with E-state index in [1.54, 1.807) is 18.2 Å². The van der Waals surface area contributed by atoms with Crippen molar-refractivity contribution in [1.82, 2.24) is 0 Å². The minimum atomic E-state index is -0.636. The van der Waals surface area contributed by atoms with Crippen molar-refractivity contribution in [3.05, 3.63) is 41.5 Å². The minimum Gasteiger partial charge on any atom is -0.507 e. The van der Waals surface area contributed by atoms with Crippen LogP contribution in [0.1, 0.15) is 20.7 Å². The first-order valence-electron chi connectivity index (χ1n) is 5.50. The molecule has 19 heavy (non-hydrogen) atoms. The zero-order valence-electron chi connectivity index (χ0n) is 10.5. The van der Waals surface area contributed by atoms with Gasteiger partial charge >= 0.3 is 11.9 Å². The molecule has 0 fully saturated rings. The van der Waals surface area contributed by atoms with Gasteiger partial charge in [-0.15, -0.1) is 0 Å². The van der Waals surface area contributed by atoms with Gasteiger partial charge in [0.2, 0.25) is 0 Å². The number of carbonyl (C=O) groups excluding carboxylic acids is 2. The molecule has 1 N–H and O–H groups in total. The van der Waals surface area contributed by atoms with Gasteiger partial charge in [0.15, 0.2) is 0 Å². The summed E-state index contributed by atoms with van der Waals surface area (Å²) >= 11 is 0. The van der Waals surface area contributed by atoms with Crippen LogP contribution in [0, 0.1) is 0 Å². The molecule has 0 aliphatic carbocycles. The van der Waals surface area contributed by atoms with E-state index in [0.29, 0.717) is 16.3 Å². The van der Waals surface area contributed by atoms with Gasteiger partial charge in [-0.05, 0) is 35.0 Å². The molecule has 2 aromatic rings. The lowest BCUT2D eigenvalue weighted by Crippen LogP contribution is -2.03. The average Bonchev–Trinajstić information content (AvgIpc) is 2.44. The van der Waals surface area contributed by atoms with E-state index in [-0.39, 0.29) is 11.3 Å². The van der Waals surface area contributed by atoms with Crippen LogP contribution in [-0.2, 0) is 9.47 Å². The number of benzene rings is 2.